The topological polar surface area (TPSA) is 68.1 Å². The van der Waals surface area contributed by atoms with Crippen LogP contribution in [-0.4, -0.2) is 26.9 Å². The lowest BCUT2D eigenvalue weighted by molar-refractivity contribution is 0.320. The van der Waals surface area contributed by atoms with E-state index in [1.165, 1.54) is 0 Å². The molecule has 0 aliphatic rings. The van der Waals surface area contributed by atoms with Gasteiger partial charge in [0, 0.05) is 16.2 Å². The van der Waals surface area contributed by atoms with Crippen molar-refractivity contribution in [2.24, 2.45) is 0 Å². The van der Waals surface area contributed by atoms with E-state index in [2.05, 4.69) is 47.0 Å². The molecule has 5 nitrogen and oxygen atoms in total. The largest absolute Gasteiger partial charge is 0.514 e. The van der Waals surface area contributed by atoms with Crippen LogP contribution in [0.2, 0.25) is 0 Å². The molecule has 0 unspecified atom stereocenters. The van der Waals surface area contributed by atoms with Crippen LogP contribution in [0.5, 0.6) is 6.01 Å². The van der Waals surface area contributed by atoms with Crippen molar-refractivity contribution >= 4 is 49.0 Å². The Kier molecular flexibility index (Phi) is 15.6. The van der Waals surface area contributed by atoms with Gasteiger partial charge in [0.1, 0.15) is 12.3 Å². The number of hydrogen-bond acceptors (Lipinski definition) is 5. The Morgan fingerprint density at radius 2 is 1.90 bits per heavy atom. The summed E-state index contributed by atoms with van der Waals surface area (Å²) < 4.78 is 7.06. The number of hydrogen-bond donors (Lipinski definition) is 1. The van der Waals surface area contributed by atoms with Crippen LogP contribution in [0.3, 0.4) is 0 Å². The van der Waals surface area contributed by atoms with Crippen molar-refractivity contribution in [2.75, 3.05) is 6.61 Å². The molecule has 8 heteroatoms. The summed E-state index contributed by atoms with van der Waals surface area (Å²) in [5.41, 5.74) is 2.14. The van der Waals surface area contributed by atoms with Crippen molar-refractivity contribution in [3.05, 3.63) is 62.0 Å². The Hall–Kier alpha value is -1.44. The Morgan fingerprint density at radius 3 is 2.38 bits per heavy atom. The van der Waals surface area contributed by atoms with E-state index in [0.717, 1.165) is 34.7 Å². The maximum atomic E-state index is 9.12. The molecule has 0 amide bonds. The van der Waals surface area contributed by atoms with Gasteiger partial charge in [-0.05, 0) is 52.3 Å². The Labute approximate surface area is 195 Å². The zero-order valence-corrected chi connectivity index (χ0v) is 21.3. The minimum atomic E-state index is 0.161. The van der Waals surface area contributed by atoms with Gasteiger partial charge in [0.25, 0.3) is 0 Å². The summed E-state index contributed by atoms with van der Waals surface area (Å²) >= 11 is 12.9. The van der Waals surface area contributed by atoms with Crippen molar-refractivity contribution in [3.63, 3.8) is 0 Å². The minimum Gasteiger partial charge on any atom is -0.514 e. The van der Waals surface area contributed by atoms with E-state index in [1.54, 1.807) is 12.3 Å². The predicted octanol–water partition coefficient (Wildman–Crippen LogP) is 7.62. The smallest absolute Gasteiger partial charge is 0.336 e. The molecule has 0 spiro atoms. The van der Waals surface area contributed by atoms with Crippen molar-refractivity contribution in [1.82, 2.24) is 15.2 Å². The summed E-state index contributed by atoms with van der Waals surface area (Å²) in [7, 11) is 0. The Bertz CT molecular complexity index is 771. The van der Waals surface area contributed by atoms with Gasteiger partial charge in [0.2, 0.25) is 0 Å². The molecule has 160 valence electrons. The Morgan fingerprint density at radius 1 is 1.21 bits per heavy atom. The van der Waals surface area contributed by atoms with Crippen molar-refractivity contribution in [2.45, 2.75) is 47.5 Å². The second-order valence-corrected chi connectivity index (χ2v) is 7.59. The fourth-order valence-electron chi connectivity index (χ4n) is 1.85. The summed E-state index contributed by atoms with van der Waals surface area (Å²) in [6, 6.07) is 0.161. The molecular weight excluding hydrogens is 522 g/mol. The summed E-state index contributed by atoms with van der Waals surface area (Å²) in [4.78, 5) is 4.21. The fourth-order valence-corrected chi connectivity index (χ4v) is 2.66. The molecule has 29 heavy (non-hydrogen) atoms. The highest BCUT2D eigenvalue weighted by Gasteiger charge is 2.08. The minimum absolute atomic E-state index is 0.161. The molecule has 1 heterocycles. The molecule has 1 N–H and O–H groups in total. The highest BCUT2D eigenvalue weighted by Crippen LogP contribution is 2.23. The normalized spacial score (nSPS) is 13.7. The first-order chi connectivity index (χ1) is 13.9. The summed E-state index contributed by atoms with van der Waals surface area (Å²) in [6.45, 7) is 10.2. The van der Waals surface area contributed by atoms with Gasteiger partial charge in [-0.3, -0.25) is 0 Å². The predicted molar refractivity (Wildman–Crippen MR) is 130 cm³/mol. The van der Waals surface area contributed by atoms with Gasteiger partial charge in [-0.1, -0.05) is 72.5 Å². The van der Waals surface area contributed by atoms with Crippen LogP contribution in [0.25, 0.3) is 5.57 Å². The molecule has 0 atom stereocenters. The van der Waals surface area contributed by atoms with E-state index in [4.69, 9.17) is 21.4 Å². The maximum Gasteiger partial charge on any atom is 0.336 e. The lowest BCUT2D eigenvalue weighted by Gasteiger charge is -2.08. The van der Waals surface area contributed by atoms with E-state index >= 15 is 0 Å². The average molecular weight is 550 g/mol. The second-order valence-electron chi connectivity index (χ2n) is 5.25. The number of halogens is 3. The third-order valence-corrected chi connectivity index (χ3v) is 4.92. The lowest BCUT2D eigenvalue weighted by atomic mass is 10.1. The van der Waals surface area contributed by atoms with Gasteiger partial charge >= 0.3 is 6.01 Å². The fraction of sp³-hybridized carbons (Fsp3) is 0.381. The van der Waals surface area contributed by atoms with E-state index in [-0.39, 0.29) is 12.6 Å². The van der Waals surface area contributed by atoms with Gasteiger partial charge in [-0.15, -0.1) is 5.10 Å². The van der Waals surface area contributed by atoms with E-state index < -0.39 is 0 Å². The molecule has 0 bridgehead atoms. The molecule has 1 rings (SSSR count). The summed E-state index contributed by atoms with van der Waals surface area (Å²) in [5.74, 6) is 0. The van der Waals surface area contributed by atoms with Crippen LogP contribution in [0.4, 0.5) is 0 Å². The average Bonchev–Trinajstić information content (AvgIpc) is 2.75. The molecule has 1 aromatic rings. The Balaban J connectivity index is 0.00000379. The molecule has 1 aromatic heterocycles. The molecule has 0 aromatic carbocycles. The van der Waals surface area contributed by atoms with E-state index in [0.29, 0.717) is 15.2 Å². The van der Waals surface area contributed by atoms with Crippen LogP contribution in [0.15, 0.2) is 56.3 Å². The van der Waals surface area contributed by atoms with Crippen LogP contribution in [0, 0.1) is 0 Å². The first-order valence-electron chi connectivity index (χ1n) is 9.36. The molecule has 0 fully saturated rings. The van der Waals surface area contributed by atoms with E-state index in [9.17, 15) is 0 Å². The number of ether oxygens (including phenoxy) is 1. The van der Waals surface area contributed by atoms with Crippen LogP contribution >= 0.6 is 43.5 Å². The SMILES string of the molecule is C/C=C(COc1ncc(C(/C=C(/Br)CC)=C/C(Br)=C/O)nn1)\C(Cl)=C/CC.CC. The number of aromatic nitrogens is 3. The molecule has 0 aliphatic heterocycles. The van der Waals surface area contributed by atoms with E-state index in [1.807, 2.05) is 52.8 Å². The van der Waals surface area contributed by atoms with Gasteiger partial charge in [-0.2, -0.15) is 0 Å². The molecular formula is C21H28Br2ClN3O2. The maximum absolute atomic E-state index is 9.12. The first kappa shape index (κ1) is 27.6. The third-order valence-electron chi connectivity index (χ3n) is 3.30. The van der Waals surface area contributed by atoms with Gasteiger partial charge in [-0.25, -0.2) is 4.98 Å². The van der Waals surface area contributed by atoms with Crippen LogP contribution in [-0.2, 0) is 0 Å². The molecule has 0 aliphatic carbocycles. The van der Waals surface area contributed by atoms with Crippen molar-refractivity contribution in [3.8, 4) is 6.01 Å². The van der Waals surface area contributed by atoms with Crippen molar-refractivity contribution < 1.29 is 9.84 Å². The monoisotopic (exact) mass is 547 g/mol. The summed E-state index contributed by atoms with van der Waals surface area (Å²) in [6.07, 6.45) is 11.6. The van der Waals surface area contributed by atoms with Crippen LogP contribution in [0.1, 0.15) is 53.2 Å². The summed E-state index contributed by atoms with van der Waals surface area (Å²) in [5, 5.41) is 18.0. The number of allylic oxidation sites excluding steroid dienone is 7. The molecule has 0 radical (unpaired) electrons. The number of aliphatic hydroxyl groups excluding tert-OH is 1. The first-order valence-corrected chi connectivity index (χ1v) is 11.3. The quantitative estimate of drug-likeness (QED) is 0.253. The van der Waals surface area contributed by atoms with Gasteiger partial charge in [0.05, 0.1) is 16.9 Å². The standard InChI is InChI=1S/C19H22Br2ClN3O2.C2H6/c1-4-7-17(22)13(5-2)12-27-19-23-10-18(24-25-19)14(8-15(20)6-3)9-16(21)11-26;1-2/h5,7-11,26H,4,6,12H2,1-3H3;1-2H3/b13-5-,14-9+,15-8+,16-11-,17-7+;. The molecule has 0 saturated carbocycles. The number of rotatable bonds is 9. The highest BCUT2D eigenvalue weighted by molar-refractivity contribution is 9.12. The lowest BCUT2D eigenvalue weighted by Crippen LogP contribution is -2.06. The molecule has 0 saturated heterocycles. The number of aliphatic hydroxyl groups is 1. The highest BCUT2D eigenvalue weighted by atomic mass is 79.9. The zero-order valence-electron chi connectivity index (χ0n) is 17.4. The second kappa shape index (κ2) is 16.4. The third kappa shape index (κ3) is 10.8. The zero-order chi connectivity index (χ0) is 22.2. The van der Waals surface area contributed by atoms with Gasteiger partial charge in [0.15, 0.2) is 0 Å². The van der Waals surface area contributed by atoms with Crippen molar-refractivity contribution in [1.29, 1.82) is 0 Å². The van der Waals surface area contributed by atoms with Gasteiger partial charge < -0.3 is 9.84 Å². The number of nitrogens with zero attached hydrogens (tertiary/aromatic N) is 3. The van der Waals surface area contributed by atoms with Crippen LogP contribution < -0.4 is 4.74 Å².